The molecule has 0 fully saturated rings. The van der Waals surface area contributed by atoms with Crippen LogP contribution in [0.3, 0.4) is 0 Å². The molecule has 1 N–H and O–H groups in total. The van der Waals surface area contributed by atoms with Crippen LogP contribution < -0.4 is 5.32 Å². The molecule has 0 saturated carbocycles. The summed E-state index contributed by atoms with van der Waals surface area (Å²) in [6.07, 6.45) is 3.98. The summed E-state index contributed by atoms with van der Waals surface area (Å²) < 4.78 is 7.13. The van der Waals surface area contributed by atoms with E-state index in [0.717, 1.165) is 17.0 Å². The number of anilines is 1. The van der Waals surface area contributed by atoms with Gasteiger partial charge in [-0.05, 0) is 46.2 Å². The van der Waals surface area contributed by atoms with Gasteiger partial charge >= 0.3 is 6.09 Å². The van der Waals surface area contributed by atoms with E-state index in [1.165, 1.54) is 11.8 Å². The van der Waals surface area contributed by atoms with Crippen LogP contribution in [0.2, 0.25) is 0 Å². The van der Waals surface area contributed by atoms with Crippen molar-refractivity contribution in [3.8, 4) is 6.07 Å². The Morgan fingerprint density at radius 1 is 1.44 bits per heavy atom. The molecule has 0 aromatic carbocycles. The minimum atomic E-state index is -0.577. The quantitative estimate of drug-likeness (QED) is 0.833. The topological polar surface area (TPSA) is 92.8 Å². The van der Waals surface area contributed by atoms with Crippen LogP contribution in [0, 0.1) is 11.3 Å². The van der Waals surface area contributed by atoms with Crippen molar-refractivity contribution < 1.29 is 9.53 Å². The number of nitrogens with zero attached hydrogens (tertiary/aromatic N) is 4. The van der Waals surface area contributed by atoms with E-state index < -0.39 is 11.7 Å². The van der Waals surface area contributed by atoms with Gasteiger partial charge < -0.3 is 4.74 Å². The van der Waals surface area contributed by atoms with Gasteiger partial charge in [0, 0.05) is 4.91 Å². The summed E-state index contributed by atoms with van der Waals surface area (Å²) in [5.74, 6) is 0.410. The number of pyridine rings is 1. The maximum absolute atomic E-state index is 11.9. The Kier molecular flexibility index (Phi) is 5.24. The summed E-state index contributed by atoms with van der Waals surface area (Å²) in [5, 5.41) is 17.1. The fourth-order valence-corrected chi connectivity index (χ4v) is 3.65. The molecule has 0 bridgehead atoms. The first-order valence-electron chi connectivity index (χ1n) is 8.60. The number of thioether (sulfide) groups is 1. The summed E-state index contributed by atoms with van der Waals surface area (Å²) in [5.41, 5.74) is 0.781. The number of nitriles is 1. The van der Waals surface area contributed by atoms with Crippen LogP contribution >= 0.6 is 11.8 Å². The summed E-state index contributed by atoms with van der Waals surface area (Å²) in [4.78, 5) is 17.3. The van der Waals surface area contributed by atoms with Gasteiger partial charge in [0.2, 0.25) is 0 Å². The minimum Gasteiger partial charge on any atom is -0.444 e. The van der Waals surface area contributed by atoms with E-state index in [1.807, 2.05) is 16.8 Å². The van der Waals surface area contributed by atoms with E-state index in [1.54, 1.807) is 33.0 Å². The average molecular weight is 383 g/mol. The monoisotopic (exact) mass is 383 g/mol. The third-order valence-corrected chi connectivity index (χ3v) is 4.79. The molecule has 2 aromatic rings. The number of carbonyl (C=O) groups excluding carboxylic acids is 1. The average Bonchev–Trinajstić information content (AvgIpc) is 3.01. The van der Waals surface area contributed by atoms with Gasteiger partial charge in [0.05, 0.1) is 23.5 Å². The molecule has 2 aromatic heterocycles. The Morgan fingerprint density at radius 2 is 2.22 bits per heavy atom. The first-order valence-corrected chi connectivity index (χ1v) is 9.41. The van der Waals surface area contributed by atoms with Crippen molar-refractivity contribution in [2.45, 2.75) is 50.8 Å². The largest absolute Gasteiger partial charge is 0.444 e. The molecular formula is C19H21N5O2S. The summed E-state index contributed by atoms with van der Waals surface area (Å²) in [6, 6.07) is 7.79. The highest BCUT2D eigenvalue weighted by atomic mass is 32.2. The van der Waals surface area contributed by atoms with Gasteiger partial charge in [-0.2, -0.15) is 10.4 Å². The maximum Gasteiger partial charge on any atom is 0.413 e. The second-order valence-corrected chi connectivity index (χ2v) is 8.27. The lowest BCUT2D eigenvalue weighted by atomic mass is 10.1. The maximum atomic E-state index is 11.9. The Hall–Kier alpha value is -2.79. The molecule has 1 aliphatic rings. The van der Waals surface area contributed by atoms with E-state index in [2.05, 4.69) is 34.5 Å². The van der Waals surface area contributed by atoms with Gasteiger partial charge in [-0.25, -0.2) is 9.78 Å². The number of fused-ring (bicyclic) bond motifs is 1. The number of carbonyl (C=O) groups is 1. The minimum absolute atomic E-state index is 0.208. The molecule has 3 rings (SSSR count). The summed E-state index contributed by atoms with van der Waals surface area (Å²) in [7, 11) is 0. The first kappa shape index (κ1) is 19.0. The highest BCUT2D eigenvalue weighted by Gasteiger charge is 2.24. The van der Waals surface area contributed by atoms with Crippen molar-refractivity contribution in [3.05, 3.63) is 41.7 Å². The number of allylic oxidation sites excluding steroid dienone is 1. The molecular weight excluding hydrogens is 362 g/mol. The van der Waals surface area contributed by atoms with E-state index in [4.69, 9.17) is 4.74 Å². The van der Waals surface area contributed by atoms with Gasteiger partial charge in [0.1, 0.15) is 22.5 Å². The van der Waals surface area contributed by atoms with Crippen LogP contribution in [0.15, 0.2) is 35.5 Å². The van der Waals surface area contributed by atoms with Crippen molar-refractivity contribution >= 4 is 28.6 Å². The lowest BCUT2D eigenvalue weighted by Gasteiger charge is -2.21. The molecule has 0 aliphatic carbocycles. The molecule has 7 nitrogen and oxygen atoms in total. The SMILES string of the molecule is CC1CC=C(Sc2cccc(NC(=O)OC(C)(C)C)n2)c2c(C#N)cnn21. The molecule has 8 heteroatoms. The zero-order chi connectivity index (χ0) is 19.6. The van der Waals surface area contributed by atoms with Crippen LogP contribution in [-0.2, 0) is 4.74 Å². The standard InChI is InChI=1S/C19H21N5O2S/c1-12-8-9-14(17-13(10-20)11-21-24(12)17)27-16-7-5-6-15(22-16)23-18(25)26-19(2,3)4/h5-7,9,11-12H,8H2,1-4H3,(H,22,23,25). The molecule has 1 amide bonds. The lowest BCUT2D eigenvalue weighted by Crippen LogP contribution is -2.27. The van der Waals surface area contributed by atoms with Crippen LogP contribution in [0.5, 0.6) is 0 Å². The molecule has 0 saturated heterocycles. The van der Waals surface area contributed by atoms with Crippen LogP contribution in [0.25, 0.3) is 4.91 Å². The summed E-state index contributed by atoms with van der Waals surface area (Å²) >= 11 is 1.44. The molecule has 1 unspecified atom stereocenters. The number of amides is 1. The zero-order valence-electron chi connectivity index (χ0n) is 15.7. The highest BCUT2D eigenvalue weighted by Crippen LogP contribution is 2.40. The number of aromatic nitrogens is 3. The van der Waals surface area contributed by atoms with Gasteiger partial charge in [-0.3, -0.25) is 10.00 Å². The molecule has 140 valence electrons. The van der Waals surface area contributed by atoms with Gasteiger partial charge in [-0.1, -0.05) is 23.9 Å². The van der Waals surface area contributed by atoms with Crippen LogP contribution in [0.4, 0.5) is 10.6 Å². The van der Waals surface area contributed by atoms with Gasteiger partial charge in [-0.15, -0.1) is 0 Å². The Bertz CT molecular complexity index is 936. The summed E-state index contributed by atoms with van der Waals surface area (Å²) in [6.45, 7) is 7.48. The molecule has 0 spiro atoms. The van der Waals surface area contributed by atoms with Gasteiger partial charge in [0.15, 0.2) is 0 Å². The van der Waals surface area contributed by atoms with Crippen molar-refractivity contribution in [1.82, 2.24) is 14.8 Å². The van der Waals surface area contributed by atoms with Crippen LogP contribution in [0.1, 0.15) is 51.4 Å². The Morgan fingerprint density at radius 3 is 2.93 bits per heavy atom. The van der Waals surface area contributed by atoms with Crippen molar-refractivity contribution in [3.63, 3.8) is 0 Å². The lowest BCUT2D eigenvalue weighted by molar-refractivity contribution is 0.0635. The first-order chi connectivity index (χ1) is 12.8. The number of ether oxygens (including phenoxy) is 1. The highest BCUT2D eigenvalue weighted by molar-refractivity contribution is 8.08. The number of nitrogens with one attached hydrogen (secondary N) is 1. The third kappa shape index (κ3) is 4.49. The fourth-order valence-electron chi connectivity index (χ4n) is 2.65. The number of hydrogen-bond acceptors (Lipinski definition) is 6. The Balaban J connectivity index is 1.79. The van der Waals surface area contributed by atoms with E-state index in [9.17, 15) is 10.1 Å². The normalized spacial score (nSPS) is 16.1. The second kappa shape index (κ2) is 7.45. The van der Waals surface area contributed by atoms with Crippen molar-refractivity contribution in [1.29, 1.82) is 5.26 Å². The number of rotatable bonds is 3. The predicted molar refractivity (Wildman–Crippen MR) is 104 cm³/mol. The van der Waals surface area contributed by atoms with Crippen molar-refractivity contribution in [2.24, 2.45) is 0 Å². The smallest absolute Gasteiger partial charge is 0.413 e. The van der Waals surface area contributed by atoms with Crippen molar-refractivity contribution in [2.75, 3.05) is 5.32 Å². The Labute approximate surface area is 162 Å². The second-order valence-electron chi connectivity index (χ2n) is 7.21. The third-order valence-electron chi connectivity index (χ3n) is 3.78. The van der Waals surface area contributed by atoms with Gasteiger partial charge in [0.25, 0.3) is 0 Å². The zero-order valence-corrected chi connectivity index (χ0v) is 16.5. The van der Waals surface area contributed by atoms with E-state index in [0.29, 0.717) is 16.4 Å². The van der Waals surface area contributed by atoms with Crippen LogP contribution in [-0.4, -0.2) is 26.5 Å². The molecule has 0 radical (unpaired) electrons. The fraction of sp³-hybridized carbons (Fsp3) is 0.368. The molecule has 1 atom stereocenters. The van der Waals surface area contributed by atoms with E-state index in [-0.39, 0.29) is 6.04 Å². The molecule has 3 heterocycles. The predicted octanol–water partition coefficient (Wildman–Crippen LogP) is 4.59. The number of hydrogen-bond donors (Lipinski definition) is 1. The molecule has 1 aliphatic heterocycles. The molecule has 27 heavy (non-hydrogen) atoms. The van der Waals surface area contributed by atoms with E-state index >= 15 is 0 Å².